The molecule has 4 rings (SSSR count). The van der Waals surface area contributed by atoms with Crippen molar-refractivity contribution in [3.63, 3.8) is 0 Å². The van der Waals surface area contributed by atoms with Crippen LogP contribution in [0.25, 0.3) is 16.3 Å². The van der Waals surface area contributed by atoms with Crippen LogP contribution in [0.3, 0.4) is 0 Å². The molecule has 4 aromatic rings. The number of hydrogen-bond acceptors (Lipinski definition) is 4. The van der Waals surface area contributed by atoms with E-state index in [1.54, 1.807) is 28.2 Å². The van der Waals surface area contributed by atoms with Gasteiger partial charge >= 0.3 is 0 Å². The Labute approximate surface area is 173 Å². The molecule has 0 spiro atoms. The fraction of sp³-hybridized carbons (Fsp3) is 0.0952. The second-order valence-corrected chi connectivity index (χ2v) is 9.78. The van der Waals surface area contributed by atoms with Crippen LogP contribution in [0.15, 0.2) is 77.0 Å². The molecule has 0 atom stereocenters. The molecular formula is C21H17ClN2O2S2. The first-order valence-corrected chi connectivity index (χ1v) is 11.5. The molecule has 0 aliphatic carbocycles. The zero-order valence-corrected chi connectivity index (χ0v) is 17.4. The first-order valence-electron chi connectivity index (χ1n) is 8.61. The second kappa shape index (κ2) is 7.54. The third-order valence-corrected chi connectivity index (χ3v) is 7.22. The number of rotatable bonds is 5. The molecule has 2 heterocycles. The van der Waals surface area contributed by atoms with E-state index in [2.05, 4.69) is 0 Å². The summed E-state index contributed by atoms with van der Waals surface area (Å²) in [5.41, 5.74) is 3.27. The summed E-state index contributed by atoms with van der Waals surface area (Å²) in [6.07, 6.45) is 0. The van der Waals surface area contributed by atoms with Gasteiger partial charge in [-0.2, -0.15) is 5.10 Å². The number of benzene rings is 2. The van der Waals surface area contributed by atoms with Gasteiger partial charge in [0.2, 0.25) is 0 Å². The molecule has 28 heavy (non-hydrogen) atoms. The number of aromatic nitrogens is 2. The quantitative estimate of drug-likeness (QED) is 0.419. The average Bonchev–Trinajstić information content (AvgIpc) is 3.32. The molecule has 0 aliphatic rings. The van der Waals surface area contributed by atoms with Crippen LogP contribution < -0.4 is 0 Å². The summed E-state index contributed by atoms with van der Waals surface area (Å²) in [4.78, 5) is 1.24. The van der Waals surface area contributed by atoms with Gasteiger partial charge in [-0.15, -0.1) is 11.3 Å². The minimum atomic E-state index is -3.54. The van der Waals surface area contributed by atoms with Crippen LogP contribution >= 0.6 is 22.9 Å². The number of thiophene rings is 1. The monoisotopic (exact) mass is 428 g/mol. The Morgan fingerprint density at radius 3 is 2.46 bits per heavy atom. The molecule has 2 aromatic carbocycles. The van der Waals surface area contributed by atoms with Crippen molar-refractivity contribution < 1.29 is 8.42 Å². The lowest BCUT2D eigenvalue weighted by molar-refractivity contribution is 0.593. The maximum atomic E-state index is 13.0. The number of aryl methyl sites for hydroxylation is 1. The zero-order chi connectivity index (χ0) is 19.7. The van der Waals surface area contributed by atoms with Crippen LogP contribution in [0.4, 0.5) is 0 Å². The van der Waals surface area contributed by atoms with Gasteiger partial charge in [-0.25, -0.2) is 13.1 Å². The van der Waals surface area contributed by atoms with Gasteiger partial charge < -0.3 is 0 Å². The Hall–Kier alpha value is -2.41. The molecular weight excluding hydrogens is 412 g/mol. The van der Waals surface area contributed by atoms with Gasteiger partial charge in [-0.1, -0.05) is 35.9 Å². The maximum Gasteiger partial charge on any atom is 0.184 e. The van der Waals surface area contributed by atoms with Crippen LogP contribution in [0.1, 0.15) is 11.3 Å². The third kappa shape index (κ3) is 3.76. The van der Waals surface area contributed by atoms with E-state index in [0.29, 0.717) is 10.7 Å². The van der Waals surface area contributed by atoms with Crippen LogP contribution in [0.2, 0.25) is 5.02 Å². The van der Waals surface area contributed by atoms with E-state index in [-0.39, 0.29) is 10.6 Å². The van der Waals surface area contributed by atoms with Crippen molar-refractivity contribution in [3.05, 3.63) is 88.4 Å². The van der Waals surface area contributed by atoms with E-state index in [4.69, 9.17) is 16.7 Å². The number of para-hydroxylation sites is 1. The summed E-state index contributed by atoms with van der Waals surface area (Å²) in [5.74, 6) is -0.151. The topological polar surface area (TPSA) is 52.0 Å². The smallest absolute Gasteiger partial charge is 0.184 e. The van der Waals surface area contributed by atoms with E-state index < -0.39 is 9.84 Å². The molecule has 0 saturated carbocycles. The van der Waals surface area contributed by atoms with Gasteiger partial charge in [0.05, 0.1) is 26.9 Å². The summed E-state index contributed by atoms with van der Waals surface area (Å²) in [7, 11) is -3.54. The highest BCUT2D eigenvalue weighted by molar-refractivity contribution is 7.90. The van der Waals surface area contributed by atoms with Gasteiger partial charge in [-0.3, -0.25) is 0 Å². The van der Waals surface area contributed by atoms with Gasteiger partial charge in [0.15, 0.2) is 9.84 Å². The Balaban J connectivity index is 1.81. The lowest BCUT2D eigenvalue weighted by Crippen LogP contribution is -2.10. The molecule has 142 valence electrons. The normalized spacial score (nSPS) is 11.6. The molecule has 0 bridgehead atoms. The second-order valence-electron chi connectivity index (χ2n) is 6.41. The summed E-state index contributed by atoms with van der Waals surface area (Å²) in [6, 6.07) is 19.8. The summed E-state index contributed by atoms with van der Waals surface area (Å²) in [5, 5.41) is 7.20. The van der Waals surface area contributed by atoms with Crippen molar-refractivity contribution in [1.82, 2.24) is 9.78 Å². The number of nitrogens with zero attached hydrogens (tertiary/aromatic N) is 2. The van der Waals surface area contributed by atoms with Crippen LogP contribution in [0.5, 0.6) is 0 Å². The van der Waals surface area contributed by atoms with Crippen molar-refractivity contribution in [2.24, 2.45) is 0 Å². The SMILES string of the molecule is Cc1ccccc1-n1nc(-c2cccs2)cc1CS(=O)(=O)c1ccc(Cl)cc1. The Morgan fingerprint density at radius 2 is 1.79 bits per heavy atom. The highest BCUT2D eigenvalue weighted by atomic mass is 35.5. The fourth-order valence-corrected chi connectivity index (χ4v) is 5.12. The molecule has 0 saturated heterocycles. The summed E-state index contributed by atoms with van der Waals surface area (Å²) >= 11 is 7.47. The lowest BCUT2D eigenvalue weighted by Gasteiger charge is -2.11. The fourth-order valence-electron chi connectivity index (χ4n) is 3.00. The number of sulfone groups is 1. The standard InChI is InChI=1S/C21H17ClN2O2S2/c1-15-5-2-3-6-20(15)24-17(13-19(23-24)21-7-4-12-27-21)14-28(25,26)18-10-8-16(22)9-11-18/h2-13H,14H2,1H3. The van der Waals surface area contributed by atoms with Crippen LogP contribution in [0, 0.1) is 6.92 Å². The number of halogens is 1. The molecule has 0 fully saturated rings. The predicted molar refractivity (Wildman–Crippen MR) is 114 cm³/mol. The van der Waals surface area contributed by atoms with Crippen LogP contribution in [-0.4, -0.2) is 18.2 Å². The van der Waals surface area contributed by atoms with E-state index >= 15 is 0 Å². The van der Waals surface area contributed by atoms with Crippen molar-refractivity contribution in [2.45, 2.75) is 17.6 Å². The largest absolute Gasteiger partial charge is 0.236 e. The zero-order valence-electron chi connectivity index (χ0n) is 15.0. The van der Waals surface area contributed by atoms with Gasteiger partial charge in [0.25, 0.3) is 0 Å². The molecule has 7 heteroatoms. The van der Waals surface area contributed by atoms with E-state index in [1.165, 1.54) is 12.1 Å². The minimum Gasteiger partial charge on any atom is -0.236 e. The van der Waals surface area contributed by atoms with Gasteiger partial charge in [0.1, 0.15) is 5.69 Å². The molecule has 0 unspecified atom stereocenters. The van der Waals surface area contributed by atoms with E-state index in [1.807, 2.05) is 54.8 Å². The van der Waals surface area contributed by atoms with Crippen molar-refractivity contribution in [2.75, 3.05) is 0 Å². The van der Waals surface area contributed by atoms with Crippen LogP contribution in [-0.2, 0) is 15.6 Å². The molecule has 0 radical (unpaired) electrons. The van der Waals surface area contributed by atoms with Crippen molar-refractivity contribution >= 4 is 32.8 Å². The van der Waals surface area contributed by atoms with Gasteiger partial charge in [-0.05, 0) is 60.3 Å². The van der Waals surface area contributed by atoms with E-state index in [0.717, 1.165) is 21.8 Å². The minimum absolute atomic E-state index is 0.151. The molecule has 0 aliphatic heterocycles. The molecule has 0 amide bonds. The Morgan fingerprint density at radius 1 is 1.04 bits per heavy atom. The highest BCUT2D eigenvalue weighted by Gasteiger charge is 2.21. The third-order valence-electron chi connectivity index (χ3n) is 4.41. The first kappa shape index (κ1) is 18.9. The molecule has 4 nitrogen and oxygen atoms in total. The average molecular weight is 429 g/mol. The Kier molecular flexibility index (Phi) is 5.10. The van der Waals surface area contributed by atoms with Crippen molar-refractivity contribution in [1.29, 1.82) is 0 Å². The number of hydrogen-bond donors (Lipinski definition) is 0. The lowest BCUT2D eigenvalue weighted by atomic mass is 10.2. The van der Waals surface area contributed by atoms with Crippen molar-refractivity contribution in [3.8, 4) is 16.3 Å². The van der Waals surface area contributed by atoms with E-state index in [9.17, 15) is 8.42 Å². The molecule has 2 aromatic heterocycles. The van der Waals surface area contributed by atoms with Gasteiger partial charge in [0, 0.05) is 5.02 Å². The molecule has 0 N–H and O–H groups in total. The maximum absolute atomic E-state index is 13.0. The Bertz CT molecular complexity index is 1210. The summed E-state index contributed by atoms with van der Waals surface area (Å²) in [6.45, 7) is 1.99. The summed E-state index contributed by atoms with van der Waals surface area (Å²) < 4.78 is 27.7. The highest BCUT2D eigenvalue weighted by Crippen LogP contribution is 2.28. The first-order chi connectivity index (χ1) is 13.4. The predicted octanol–water partition coefficient (Wildman–Crippen LogP) is 5.54.